The fourth-order valence-corrected chi connectivity index (χ4v) is 7.90. The molecule has 3 aromatic carbocycles. The molecule has 53 heavy (non-hydrogen) atoms. The van der Waals surface area contributed by atoms with E-state index in [0.717, 1.165) is 10.8 Å². The number of nitrogens with zero attached hydrogens (tertiary/aromatic N) is 2. The molecule has 1 saturated heterocycles. The first-order valence-corrected chi connectivity index (χ1v) is 19.1. The average Bonchev–Trinajstić information content (AvgIpc) is 3.55. The first-order valence-electron chi connectivity index (χ1n) is 17.5. The summed E-state index contributed by atoms with van der Waals surface area (Å²) < 4.78 is 44.9. The van der Waals surface area contributed by atoms with Gasteiger partial charge < -0.3 is 35.5 Å². The van der Waals surface area contributed by atoms with Crippen molar-refractivity contribution in [3.8, 4) is 11.5 Å². The molecule has 1 aliphatic rings. The number of methoxy groups -OCH3 is 1. The van der Waals surface area contributed by atoms with Gasteiger partial charge in [-0.15, -0.1) is 0 Å². The van der Waals surface area contributed by atoms with E-state index < -0.39 is 45.0 Å². The smallest absolute Gasteiger partial charge is 0.311 e. The standard InChI is InChI=1S/C39H47N5O8S/c1-8-51-33-20-26(9-13-32(33)52-22(2)3)35(43-27-10-12-29-25(19-27)15-17-41-37(29)40)38(46)44-18-16-30(39(47)50-7)36(44)31-21-28(42-24(6)45)11-14-34(31)53(48,49)23(4)5/h9-15,17,19-23,30,35-36,43H,8,16,18H2,1-7H3,(H2,40,41)(H,42,45). The maximum Gasteiger partial charge on any atom is 0.311 e. The lowest BCUT2D eigenvalue weighted by molar-refractivity contribution is -0.147. The van der Waals surface area contributed by atoms with Crippen LogP contribution in [0.5, 0.6) is 11.5 Å². The minimum Gasteiger partial charge on any atom is -0.490 e. The molecule has 0 radical (unpaired) electrons. The third kappa shape index (κ3) is 8.32. The number of amides is 2. The molecular formula is C39H47N5O8S. The Kier molecular flexibility index (Phi) is 11.8. The zero-order chi connectivity index (χ0) is 38.6. The number of esters is 1. The zero-order valence-electron chi connectivity index (χ0n) is 31.0. The van der Waals surface area contributed by atoms with Crippen molar-refractivity contribution in [2.75, 3.05) is 36.6 Å². The highest BCUT2D eigenvalue weighted by molar-refractivity contribution is 7.92. The Morgan fingerprint density at radius 3 is 2.38 bits per heavy atom. The number of carbonyl (C=O) groups is 3. The molecule has 3 unspecified atom stereocenters. The van der Waals surface area contributed by atoms with E-state index >= 15 is 4.79 Å². The van der Waals surface area contributed by atoms with Gasteiger partial charge in [-0.05, 0) is 112 Å². The lowest BCUT2D eigenvalue weighted by Gasteiger charge is -2.33. The van der Waals surface area contributed by atoms with E-state index in [1.807, 2.05) is 39.0 Å². The molecule has 1 aliphatic heterocycles. The van der Waals surface area contributed by atoms with Gasteiger partial charge in [0.05, 0.1) is 41.9 Å². The highest BCUT2D eigenvalue weighted by Crippen LogP contribution is 2.44. The summed E-state index contributed by atoms with van der Waals surface area (Å²) in [7, 11) is -2.68. The van der Waals surface area contributed by atoms with Gasteiger partial charge in [0, 0.05) is 36.4 Å². The van der Waals surface area contributed by atoms with Gasteiger partial charge >= 0.3 is 5.97 Å². The number of fused-ring (bicyclic) bond motifs is 1. The Morgan fingerprint density at radius 1 is 0.981 bits per heavy atom. The van der Waals surface area contributed by atoms with Crippen molar-refractivity contribution in [2.45, 2.75) is 76.3 Å². The Morgan fingerprint density at radius 2 is 1.72 bits per heavy atom. The van der Waals surface area contributed by atoms with Crippen molar-refractivity contribution in [2.24, 2.45) is 5.92 Å². The van der Waals surface area contributed by atoms with E-state index in [1.54, 1.807) is 44.3 Å². The van der Waals surface area contributed by atoms with Crippen molar-refractivity contribution in [1.82, 2.24) is 9.88 Å². The Labute approximate surface area is 310 Å². The number of pyridine rings is 1. The van der Waals surface area contributed by atoms with Crippen LogP contribution < -0.4 is 25.8 Å². The lowest BCUT2D eigenvalue weighted by atomic mass is 9.92. The predicted molar refractivity (Wildman–Crippen MR) is 204 cm³/mol. The second kappa shape index (κ2) is 16.1. The summed E-state index contributed by atoms with van der Waals surface area (Å²) in [6.07, 6.45) is 1.67. The van der Waals surface area contributed by atoms with Gasteiger partial charge in [-0.3, -0.25) is 14.4 Å². The van der Waals surface area contributed by atoms with Gasteiger partial charge in [-0.25, -0.2) is 13.4 Å². The van der Waals surface area contributed by atoms with Gasteiger partial charge in [0.25, 0.3) is 0 Å². The molecule has 2 heterocycles. The summed E-state index contributed by atoms with van der Waals surface area (Å²) in [5.74, 6) is -0.994. The van der Waals surface area contributed by atoms with Crippen molar-refractivity contribution in [1.29, 1.82) is 0 Å². The third-order valence-electron chi connectivity index (χ3n) is 9.08. The number of nitrogens with one attached hydrogen (secondary N) is 2. The molecule has 2 amide bonds. The number of sulfone groups is 1. The fourth-order valence-electron chi connectivity index (χ4n) is 6.63. The van der Waals surface area contributed by atoms with E-state index in [0.29, 0.717) is 40.9 Å². The van der Waals surface area contributed by atoms with Crippen LogP contribution >= 0.6 is 0 Å². The van der Waals surface area contributed by atoms with E-state index in [2.05, 4.69) is 15.6 Å². The molecule has 1 aromatic heterocycles. The van der Waals surface area contributed by atoms with E-state index in [-0.39, 0.29) is 35.4 Å². The van der Waals surface area contributed by atoms with Gasteiger partial charge in [0.1, 0.15) is 11.9 Å². The van der Waals surface area contributed by atoms with E-state index in [9.17, 15) is 18.0 Å². The number of ether oxygens (including phenoxy) is 3. The van der Waals surface area contributed by atoms with Crippen LogP contribution in [0.25, 0.3) is 10.8 Å². The predicted octanol–water partition coefficient (Wildman–Crippen LogP) is 6.06. The fraction of sp³-hybridized carbons (Fsp3) is 0.385. The van der Waals surface area contributed by atoms with Crippen LogP contribution in [0.15, 0.2) is 71.8 Å². The van der Waals surface area contributed by atoms with Crippen LogP contribution in [0.3, 0.4) is 0 Å². The second-order valence-electron chi connectivity index (χ2n) is 13.4. The molecule has 5 rings (SSSR count). The quantitative estimate of drug-likeness (QED) is 0.136. The molecule has 1 fully saturated rings. The van der Waals surface area contributed by atoms with Crippen molar-refractivity contribution >= 4 is 55.6 Å². The van der Waals surface area contributed by atoms with Crippen LogP contribution in [0.4, 0.5) is 17.2 Å². The van der Waals surface area contributed by atoms with E-state index in [1.165, 1.54) is 37.1 Å². The Hall–Kier alpha value is -5.37. The Bertz CT molecular complexity index is 2120. The van der Waals surface area contributed by atoms with Crippen LogP contribution in [0, 0.1) is 5.92 Å². The largest absolute Gasteiger partial charge is 0.490 e. The summed E-state index contributed by atoms with van der Waals surface area (Å²) in [6, 6.07) is 14.9. The minimum absolute atomic E-state index is 0.0424. The highest BCUT2D eigenvalue weighted by Gasteiger charge is 2.46. The minimum atomic E-state index is -3.93. The SMILES string of the molecule is CCOc1cc(C(Nc2ccc3c(N)nccc3c2)C(=O)N2CCC(C(=O)OC)C2c2cc(NC(C)=O)ccc2S(=O)(=O)C(C)C)ccc1OC(C)C. The topological polar surface area (TPSA) is 179 Å². The van der Waals surface area contributed by atoms with Crippen LogP contribution in [0.2, 0.25) is 0 Å². The van der Waals surface area contributed by atoms with Gasteiger partial charge in [-0.1, -0.05) is 6.07 Å². The highest BCUT2D eigenvalue weighted by atomic mass is 32.2. The lowest BCUT2D eigenvalue weighted by Crippen LogP contribution is -2.40. The monoisotopic (exact) mass is 745 g/mol. The molecule has 4 aromatic rings. The van der Waals surface area contributed by atoms with Crippen LogP contribution in [0.1, 0.15) is 71.2 Å². The third-order valence-corrected chi connectivity index (χ3v) is 11.3. The van der Waals surface area contributed by atoms with Crippen molar-refractivity contribution < 1.29 is 37.0 Å². The summed E-state index contributed by atoms with van der Waals surface area (Å²) in [6.45, 7) is 10.6. The zero-order valence-corrected chi connectivity index (χ0v) is 31.8. The molecule has 0 spiro atoms. The number of hydrogen-bond acceptors (Lipinski definition) is 11. The second-order valence-corrected chi connectivity index (χ2v) is 15.9. The summed E-state index contributed by atoms with van der Waals surface area (Å²) in [4.78, 5) is 46.3. The molecular weight excluding hydrogens is 699 g/mol. The number of rotatable bonds is 13. The molecule has 0 aliphatic carbocycles. The number of anilines is 3. The molecule has 0 saturated carbocycles. The maximum atomic E-state index is 15.2. The van der Waals surface area contributed by atoms with Crippen LogP contribution in [-0.2, 0) is 29.0 Å². The summed E-state index contributed by atoms with van der Waals surface area (Å²) in [5.41, 5.74) is 7.77. The summed E-state index contributed by atoms with van der Waals surface area (Å²) >= 11 is 0. The number of likely N-dealkylation sites (tertiary alicyclic amines) is 1. The number of aromatic nitrogens is 1. The molecule has 14 heteroatoms. The number of nitrogen functional groups attached to an aromatic ring is 1. The summed E-state index contributed by atoms with van der Waals surface area (Å²) in [5, 5.41) is 6.84. The van der Waals surface area contributed by atoms with Crippen LogP contribution in [-0.4, -0.2) is 67.7 Å². The van der Waals surface area contributed by atoms with Crippen molar-refractivity contribution in [3.05, 3.63) is 78.0 Å². The number of hydrogen-bond donors (Lipinski definition) is 3. The maximum absolute atomic E-state index is 15.2. The number of benzene rings is 3. The first kappa shape index (κ1) is 38.9. The normalized spacial score (nSPS) is 16.4. The van der Waals surface area contributed by atoms with Crippen molar-refractivity contribution in [3.63, 3.8) is 0 Å². The molecule has 3 atom stereocenters. The van der Waals surface area contributed by atoms with E-state index in [4.69, 9.17) is 19.9 Å². The van der Waals surface area contributed by atoms with Gasteiger partial charge in [0.2, 0.25) is 11.8 Å². The Balaban J connectivity index is 1.70. The first-order chi connectivity index (χ1) is 25.2. The average molecular weight is 746 g/mol. The number of nitrogens with two attached hydrogens (primary N) is 1. The number of carbonyl (C=O) groups excluding carboxylic acids is 3. The van der Waals surface area contributed by atoms with Gasteiger partial charge in [-0.2, -0.15) is 0 Å². The van der Waals surface area contributed by atoms with Gasteiger partial charge in [0.15, 0.2) is 21.3 Å². The molecule has 0 bridgehead atoms. The molecule has 282 valence electrons. The molecule has 13 nitrogen and oxygen atoms in total. The molecule has 4 N–H and O–H groups in total.